The highest BCUT2D eigenvalue weighted by atomic mass is 19.4. The van der Waals surface area contributed by atoms with Crippen LogP contribution in [0, 0.1) is 5.82 Å². The van der Waals surface area contributed by atoms with Crippen molar-refractivity contribution in [3.63, 3.8) is 0 Å². The number of H-pyrrole nitrogens is 1. The van der Waals surface area contributed by atoms with Crippen molar-refractivity contribution in [3.8, 4) is 11.4 Å². The van der Waals surface area contributed by atoms with Crippen LogP contribution in [-0.4, -0.2) is 46.9 Å². The number of aliphatic hydroxyl groups excluding tert-OH is 1. The molecule has 6 rings (SSSR count). The average Bonchev–Trinajstić information content (AvgIpc) is 3.44. The van der Waals surface area contributed by atoms with Crippen molar-refractivity contribution in [2.75, 3.05) is 5.32 Å². The zero-order valence-electron chi connectivity index (χ0n) is 18.6. The van der Waals surface area contributed by atoms with Crippen LogP contribution in [0.5, 0.6) is 0 Å². The molecule has 0 fully saturated rings. The summed E-state index contributed by atoms with van der Waals surface area (Å²) in [7, 11) is 0. The summed E-state index contributed by atoms with van der Waals surface area (Å²) >= 11 is 0. The number of benzene rings is 1. The standard InChI is InChI=1S/C24H19F4N7O/c25-13-7-12(9-29-10-13)21-33-22-17(20(36)24(26,27)28)11-30-35(22)23(34-21)31-14-5-6-19-16(8-14)15-3-1-2-4-18(15)32-19/h1-4,7,9-11,14,20,32,36H,5-6,8H2,(H,31,33,34)/t14-,20+/m1/s1. The van der Waals surface area contributed by atoms with Crippen molar-refractivity contribution in [2.24, 2.45) is 0 Å². The van der Waals surface area contributed by atoms with Crippen LogP contribution in [0.15, 0.2) is 48.9 Å². The van der Waals surface area contributed by atoms with Crippen LogP contribution >= 0.6 is 0 Å². The summed E-state index contributed by atoms with van der Waals surface area (Å²) < 4.78 is 54.9. The number of hydrogen-bond acceptors (Lipinski definition) is 6. The molecule has 3 N–H and O–H groups in total. The van der Waals surface area contributed by atoms with Gasteiger partial charge in [-0.05, 0) is 37.0 Å². The van der Waals surface area contributed by atoms with E-state index in [1.165, 1.54) is 11.8 Å². The molecule has 8 nitrogen and oxygen atoms in total. The van der Waals surface area contributed by atoms with Gasteiger partial charge in [-0.25, -0.2) is 9.37 Å². The second-order valence-corrected chi connectivity index (χ2v) is 8.75. The first-order chi connectivity index (χ1) is 17.3. The summed E-state index contributed by atoms with van der Waals surface area (Å²) in [6, 6.07) is 9.03. The first kappa shape index (κ1) is 22.4. The van der Waals surface area contributed by atoms with E-state index < -0.39 is 23.7 Å². The smallest absolute Gasteiger partial charge is 0.379 e. The van der Waals surface area contributed by atoms with E-state index >= 15 is 0 Å². The molecule has 4 aromatic heterocycles. The van der Waals surface area contributed by atoms with Crippen LogP contribution in [0.2, 0.25) is 0 Å². The molecule has 5 aromatic rings. The Labute approximate surface area is 201 Å². The number of halogens is 4. The molecule has 2 atom stereocenters. The van der Waals surface area contributed by atoms with Crippen LogP contribution in [0.4, 0.5) is 23.5 Å². The van der Waals surface area contributed by atoms with Crippen molar-refractivity contribution in [2.45, 2.75) is 37.6 Å². The van der Waals surface area contributed by atoms with E-state index in [2.05, 4.69) is 30.4 Å². The fourth-order valence-corrected chi connectivity index (χ4v) is 4.70. The third kappa shape index (κ3) is 3.83. The van der Waals surface area contributed by atoms with Crippen molar-refractivity contribution in [1.82, 2.24) is 29.5 Å². The highest BCUT2D eigenvalue weighted by Crippen LogP contribution is 2.35. The summed E-state index contributed by atoms with van der Waals surface area (Å²) in [6.07, 6.45) is -2.32. The summed E-state index contributed by atoms with van der Waals surface area (Å²) in [5, 5.41) is 18.4. The predicted molar refractivity (Wildman–Crippen MR) is 123 cm³/mol. The van der Waals surface area contributed by atoms with Crippen LogP contribution < -0.4 is 5.32 Å². The molecule has 1 aromatic carbocycles. The molecule has 0 amide bonds. The Bertz CT molecular complexity index is 1590. The monoisotopic (exact) mass is 497 g/mol. The maximum atomic E-state index is 13.8. The number of nitrogens with one attached hydrogen (secondary N) is 2. The minimum Gasteiger partial charge on any atom is -0.379 e. The number of aliphatic hydroxyl groups is 1. The van der Waals surface area contributed by atoms with Crippen molar-refractivity contribution in [3.05, 3.63) is 71.6 Å². The molecule has 0 spiro atoms. The quantitative estimate of drug-likeness (QED) is 0.319. The summed E-state index contributed by atoms with van der Waals surface area (Å²) in [6.45, 7) is 0. The van der Waals surface area contributed by atoms with E-state index in [0.717, 1.165) is 52.4 Å². The summed E-state index contributed by atoms with van der Waals surface area (Å²) in [5.41, 5.74) is 2.79. The number of para-hydroxylation sites is 1. The predicted octanol–water partition coefficient (Wildman–Crippen LogP) is 4.37. The number of aromatic nitrogens is 6. The molecule has 12 heteroatoms. The maximum Gasteiger partial charge on any atom is 0.418 e. The van der Waals surface area contributed by atoms with Gasteiger partial charge in [0.05, 0.1) is 18.0 Å². The van der Waals surface area contributed by atoms with E-state index in [-0.39, 0.29) is 29.0 Å². The van der Waals surface area contributed by atoms with Gasteiger partial charge in [-0.2, -0.15) is 27.8 Å². The lowest BCUT2D eigenvalue weighted by Gasteiger charge is -2.24. The van der Waals surface area contributed by atoms with Gasteiger partial charge in [-0.3, -0.25) is 4.98 Å². The zero-order valence-corrected chi connectivity index (χ0v) is 18.6. The number of rotatable bonds is 4. The third-order valence-electron chi connectivity index (χ3n) is 6.39. The number of anilines is 1. The summed E-state index contributed by atoms with van der Waals surface area (Å²) in [4.78, 5) is 15.9. The fourth-order valence-electron chi connectivity index (χ4n) is 4.70. The minimum atomic E-state index is -4.92. The molecule has 0 radical (unpaired) electrons. The number of alkyl halides is 3. The lowest BCUT2D eigenvalue weighted by molar-refractivity contribution is -0.206. The van der Waals surface area contributed by atoms with E-state index in [1.807, 2.05) is 24.3 Å². The topological polar surface area (TPSA) is 104 Å². The number of fused-ring (bicyclic) bond motifs is 4. The Morgan fingerprint density at radius 1 is 1.14 bits per heavy atom. The molecule has 0 saturated heterocycles. The highest BCUT2D eigenvalue weighted by molar-refractivity contribution is 5.85. The van der Waals surface area contributed by atoms with E-state index in [0.29, 0.717) is 6.42 Å². The van der Waals surface area contributed by atoms with Gasteiger partial charge in [-0.15, -0.1) is 0 Å². The zero-order chi connectivity index (χ0) is 25.0. The lowest BCUT2D eigenvalue weighted by atomic mass is 9.91. The highest BCUT2D eigenvalue weighted by Gasteiger charge is 2.41. The second kappa shape index (κ2) is 8.26. The lowest BCUT2D eigenvalue weighted by Crippen LogP contribution is -2.29. The number of aromatic amines is 1. The average molecular weight is 497 g/mol. The molecular formula is C24H19F4N7O. The third-order valence-corrected chi connectivity index (χ3v) is 6.39. The SMILES string of the molecule is O[C@@H](c1cnn2c(N[C@@H]3CCc4[nH]c5ccccc5c4C3)nc(-c3cncc(F)c3)nc12)C(F)(F)F. The number of nitrogens with zero attached hydrogens (tertiary/aromatic N) is 5. The first-order valence-corrected chi connectivity index (χ1v) is 11.2. The normalized spacial score (nSPS) is 16.9. The molecule has 184 valence electrons. The van der Waals surface area contributed by atoms with Gasteiger partial charge in [0.15, 0.2) is 17.6 Å². The van der Waals surface area contributed by atoms with Gasteiger partial charge in [0.25, 0.3) is 0 Å². The van der Waals surface area contributed by atoms with Gasteiger partial charge in [0.1, 0.15) is 5.82 Å². The van der Waals surface area contributed by atoms with Gasteiger partial charge >= 0.3 is 6.18 Å². The number of aryl methyl sites for hydroxylation is 1. The first-order valence-electron chi connectivity index (χ1n) is 11.2. The molecule has 36 heavy (non-hydrogen) atoms. The Morgan fingerprint density at radius 2 is 1.97 bits per heavy atom. The molecular weight excluding hydrogens is 478 g/mol. The van der Waals surface area contributed by atoms with Crippen molar-refractivity contribution >= 4 is 22.5 Å². The van der Waals surface area contributed by atoms with Crippen LogP contribution in [0.25, 0.3) is 27.9 Å². The van der Waals surface area contributed by atoms with Crippen LogP contribution in [-0.2, 0) is 12.8 Å². The Balaban J connectivity index is 1.43. The van der Waals surface area contributed by atoms with E-state index in [9.17, 15) is 22.7 Å². The minimum absolute atomic E-state index is 0.0447. The molecule has 4 heterocycles. The van der Waals surface area contributed by atoms with Crippen molar-refractivity contribution in [1.29, 1.82) is 0 Å². The Morgan fingerprint density at radius 3 is 2.78 bits per heavy atom. The summed E-state index contributed by atoms with van der Waals surface area (Å²) in [5.74, 6) is -0.557. The van der Waals surface area contributed by atoms with Crippen molar-refractivity contribution < 1.29 is 22.7 Å². The Kier molecular flexibility index (Phi) is 5.14. The fraction of sp³-hybridized carbons (Fsp3) is 0.250. The molecule has 1 aliphatic carbocycles. The van der Waals surface area contributed by atoms with E-state index in [1.54, 1.807) is 0 Å². The maximum absolute atomic E-state index is 13.8. The van der Waals surface area contributed by atoms with Gasteiger partial charge in [-0.1, -0.05) is 18.2 Å². The molecule has 0 aliphatic heterocycles. The largest absolute Gasteiger partial charge is 0.418 e. The number of pyridine rings is 1. The van der Waals surface area contributed by atoms with Crippen LogP contribution in [0.1, 0.15) is 29.3 Å². The molecule has 1 aliphatic rings. The number of hydrogen-bond donors (Lipinski definition) is 3. The second-order valence-electron chi connectivity index (χ2n) is 8.75. The van der Waals surface area contributed by atoms with Crippen LogP contribution in [0.3, 0.4) is 0 Å². The molecule has 0 bridgehead atoms. The van der Waals surface area contributed by atoms with Gasteiger partial charge < -0.3 is 15.4 Å². The molecule has 0 unspecified atom stereocenters. The van der Waals surface area contributed by atoms with Gasteiger partial charge in [0.2, 0.25) is 5.95 Å². The molecule has 0 saturated carbocycles. The Hall–Kier alpha value is -4.06. The van der Waals surface area contributed by atoms with E-state index in [4.69, 9.17) is 0 Å². The van der Waals surface area contributed by atoms with Gasteiger partial charge in [0, 0.05) is 34.4 Å².